The molecule has 48 heavy (non-hydrogen) atoms. The fourth-order valence-electron chi connectivity index (χ4n) is 5.23. The molecule has 0 aromatic heterocycles. The van der Waals surface area contributed by atoms with Gasteiger partial charge in [0.2, 0.25) is 11.8 Å². The van der Waals surface area contributed by atoms with Crippen LogP contribution in [0.4, 0.5) is 5.69 Å². The van der Waals surface area contributed by atoms with E-state index in [1.54, 1.807) is 24.3 Å². The summed E-state index contributed by atoms with van der Waals surface area (Å²) in [5, 5.41) is 3.06. The van der Waals surface area contributed by atoms with Crippen molar-refractivity contribution < 1.29 is 27.5 Å². The summed E-state index contributed by atoms with van der Waals surface area (Å²) >= 11 is 0. The molecule has 0 saturated heterocycles. The van der Waals surface area contributed by atoms with Gasteiger partial charge in [-0.15, -0.1) is 0 Å². The maximum atomic E-state index is 14.7. The van der Waals surface area contributed by atoms with E-state index in [2.05, 4.69) is 5.32 Å². The zero-order valence-corrected chi connectivity index (χ0v) is 29.3. The van der Waals surface area contributed by atoms with Gasteiger partial charge in [0.05, 0.1) is 24.8 Å². The number of benzene rings is 4. The SMILES string of the molecule is CCC(C)NC(=O)C(Cc1ccccc1)N(Cc1ccc(C)cc1)C(=O)CN(c1ccc(OC)c(OC)c1)S(=O)(=O)c1ccc(C)cc1. The van der Waals surface area contributed by atoms with Crippen LogP contribution in [0.3, 0.4) is 0 Å². The summed E-state index contributed by atoms with van der Waals surface area (Å²) in [5.74, 6) is -0.141. The van der Waals surface area contributed by atoms with E-state index in [9.17, 15) is 18.0 Å². The number of rotatable bonds is 15. The number of amides is 2. The van der Waals surface area contributed by atoms with E-state index in [0.29, 0.717) is 17.9 Å². The number of anilines is 1. The second kappa shape index (κ2) is 16.3. The lowest BCUT2D eigenvalue weighted by molar-refractivity contribution is -0.140. The lowest BCUT2D eigenvalue weighted by atomic mass is 10.0. The molecule has 0 bridgehead atoms. The number of nitrogens with zero attached hydrogens (tertiary/aromatic N) is 2. The Hall–Kier alpha value is -4.83. The molecule has 0 radical (unpaired) electrons. The highest BCUT2D eigenvalue weighted by atomic mass is 32.2. The van der Waals surface area contributed by atoms with E-state index >= 15 is 0 Å². The fourth-order valence-corrected chi connectivity index (χ4v) is 6.64. The van der Waals surface area contributed by atoms with Crippen molar-refractivity contribution in [2.75, 3.05) is 25.1 Å². The first-order valence-electron chi connectivity index (χ1n) is 16.0. The number of ether oxygens (including phenoxy) is 2. The first kappa shape index (κ1) is 36.0. The Morgan fingerprint density at radius 1 is 0.792 bits per heavy atom. The second-order valence-electron chi connectivity index (χ2n) is 11.9. The smallest absolute Gasteiger partial charge is 0.264 e. The molecule has 254 valence electrons. The summed E-state index contributed by atoms with van der Waals surface area (Å²) in [6.07, 6.45) is 0.944. The predicted octanol–water partition coefficient (Wildman–Crippen LogP) is 6.07. The van der Waals surface area contributed by atoms with E-state index in [-0.39, 0.29) is 35.5 Å². The van der Waals surface area contributed by atoms with Gasteiger partial charge in [0.1, 0.15) is 12.6 Å². The van der Waals surface area contributed by atoms with Crippen LogP contribution in [0.1, 0.15) is 42.5 Å². The molecular weight excluding hydrogens is 627 g/mol. The molecule has 0 aliphatic rings. The van der Waals surface area contributed by atoms with Crippen LogP contribution in [0.25, 0.3) is 0 Å². The maximum absolute atomic E-state index is 14.7. The van der Waals surface area contributed by atoms with Crippen LogP contribution in [-0.2, 0) is 32.6 Å². The van der Waals surface area contributed by atoms with Crippen LogP contribution in [0.2, 0.25) is 0 Å². The molecule has 0 fully saturated rings. The van der Waals surface area contributed by atoms with Crippen molar-refractivity contribution in [3.8, 4) is 11.5 Å². The van der Waals surface area contributed by atoms with Crippen molar-refractivity contribution in [3.05, 3.63) is 119 Å². The lowest BCUT2D eigenvalue weighted by Crippen LogP contribution is -2.54. The third-order valence-electron chi connectivity index (χ3n) is 8.29. The molecule has 0 spiro atoms. The summed E-state index contributed by atoms with van der Waals surface area (Å²) in [5.41, 5.74) is 3.83. The Balaban J connectivity index is 1.84. The normalized spacial score (nSPS) is 12.5. The van der Waals surface area contributed by atoms with Crippen molar-refractivity contribution in [2.45, 2.75) is 64.1 Å². The molecule has 1 N–H and O–H groups in total. The lowest BCUT2D eigenvalue weighted by Gasteiger charge is -2.34. The predicted molar refractivity (Wildman–Crippen MR) is 189 cm³/mol. The standard InChI is InChI=1S/C38H45N3O6S/c1-7-29(4)39-38(43)34(23-30-11-9-8-10-12-30)40(25-31-17-13-27(2)14-18-31)37(42)26-41(32-19-22-35(46-5)36(24-32)47-6)48(44,45)33-20-15-28(3)16-21-33/h8-22,24,29,34H,7,23,25-26H2,1-6H3,(H,39,43). The van der Waals surface area contributed by atoms with Crippen LogP contribution in [0.15, 0.2) is 102 Å². The minimum Gasteiger partial charge on any atom is -0.493 e. The number of hydrogen-bond acceptors (Lipinski definition) is 6. The number of nitrogens with one attached hydrogen (secondary N) is 1. The average Bonchev–Trinajstić information content (AvgIpc) is 3.09. The molecule has 2 atom stereocenters. The van der Waals surface area contributed by atoms with Crippen molar-refractivity contribution in [1.29, 1.82) is 0 Å². The van der Waals surface area contributed by atoms with E-state index in [0.717, 1.165) is 26.6 Å². The summed E-state index contributed by atoms with van der Waals surface area (Å²) < 4.78 is 40.6. The van der Waals surface area contributed by atoms with Crippen molar-refractivity contribution >= 4 is 27.5 Å². The van der Waals surface area contributed by atoms with E-state index in [1.165, 1.54) is 37.3 Å². The first-order chi connectivity index (χ1) is 23.0. The largest absolute Gasteiger partial charge is 0.493 e. The molecule has 9 nitrogen and oxygen atoms in total. The van der Waals surface area contributed by atoms with Crippen LogP contribution in [0, 0.1) is 13.8 Å². The minimum absolute atomic E-state index is 0.0242. The van der Waals surface area contributed by atoms with Gasteiger partial charge in [-0.05, 0) is 62.6 Å². The van der Waals surface area contributed by atoms with Gasteiger partial charge >= 0.3 is 0 Å². The highest BCUT2D eigenvalue weighted by Gasteiger charge is 2.35. The summed E-state index contributed by atoms with van der Waals surface area (Å²) in [4.78, 5) is 30.2. The molecule has 0 saturated carbocycles. The average molecular weight is 672 g/mol. The van der Waals surface area contributed by atoms with Gasteiger partial charge < -0.3 is 19.7 Å². The number of aryl methyl sites for hydroxylation is 2. The molecular formula is C38H45N3O6S. The van der Waals surface area contributed by atoms with Crippen molar-refractivity contribution in [1.82, 2.24) is 10.2 Å². The van der Waals surface area contributed by atoms with Gasteiger partial charge in [-0.3, -0.25) is 13.9 Å². The van der Waals surface area contributed by atoms with E-state index in [1.807, 2.05) is 82.3 Å². The monoisotopic (exact) mass is 671 g/mol. The Morgan fingerprint density at radius 2 is 1.40 bits per heavy atom. The zero-order chi connectivity index (χ0) is 34.8. The number of methoxy groups -OCH3 is 2. The molecule has 4 aromatic carbocycles. The third-order valence-corrected chi connectivity index (χ3v) is 10.1. The van der Waals surface area contributed by atoms with Gasteiger partial charge in [-0.2, -0.15) is 0 Å². The quantitative estimate of drug-likeness (QED) is 0.165. The molecule has 0 aliphatic carbocycles. The van der Waals surface area contributed by atoms with Gasteiger partial charge in [-0.25, -0.2) is 8.42 Å². The molecule has 2 amide bonds. The maximum Gasteiger partial charge on any atom is 0.264 e. The van der Waals surface area contributed by atoms with E-state index < -0.39 is 28.5 Å². The molecule has 4 aromatic rings. The summed E-state index contributed by atoms with van der Waals surface area (Å²) in [6, 6.07) is 27.3. The third kappa shape index (κ3) is 8.95. The second-order valence-corrected chi connectivity index (χ2v) is 13.8. The zero-order valence-electron chi connectivity index (χ0n) is 28.5. The molecule has 0 heterocycles. The van der Waals surface area contributed by atoms with Crippen LogP contribution in [-0.4, -0.2) is 58.0 Å². The first-order valence-corrected chi connectivity index (χ1v) is 17.4. The molecule has 2 unspecified atom stereocenters. The van der Waals surface area contributed by atoms with Gasteiger partial charge in [0.25, 0.3) is 10.0 Å². The van der Waals surface area contributed by atoms with Crippen LogP contribution in [0.5, 0.6) is 11.5 Å². The highest BCUT2D eigenvalue weighted by molar-refractivity contribution is 7.92. The van der Waals surface area contributed by atoms with Crippen molar-refractivity contribution in [2.24, 2.45) is 0 Å². The van der Waals surface area contributed by atoms with Crippen molar-refractivity contribution in [3.63, 3.8) is 0 Å². The van der Waals surface area contributed by atoms with Gasteiger partial charge in [0, 0.05) is 25.1 Å². The molecule has 0 aliphatic heterocycles. The number of carbonyl (C=O) groups is 2. The van der Waals surface area contributed by atoms with Crippen LogP contribution >= 0.6 is 0 Å². The van der Waals surface area contributed by atoms with Gasteiger partial charge in [-0.1, -0.05) is 84.8 Å². The Bertz CT molecular complexity index is 1780. The van der Waals surface area contributed by atoms with Crippen LogP contribution < -0.4 is 19.1 Å². The number of hydrogen-bond donors (Lipinski definition) is 1. The van der Waals surface area contributed by atoms with E-state index in [4.69, 9.17) is 9.47 Å². The Morgan fingerprint density at radius 3 is 1.98 bits per heavy atom. The number of sulfonamides is 1. The Kier molecular flexibility index (Phi) is 12.2. The van der Waals surface area contributed by atoms with Gasteiger partial charge in [0.15, 0.2) is 11.5 Å². The summed E-state index contributed by atoms with van der Waals surface area (Å²) in [6.45, 7) is 7.25. The summed E-state index contributed by atoms with van der Waals surface area (Å²) in [7, 11) is -1.32. The topological polar surface area (TPSA) is 105 Å². The number of carbonyl (C=O) groups excluding carboxylic acids is 2. The Labute approximate surface area is 284 Å². The molecule has 10 heteroatoms. The fraction of sp³-hybridized carbons (Fsp3) is 0.316. The molecule has 4 rings (SSSR count). The minimum atomic E-state index is -4.26. The highest BCUT2D eigenvalue weighted by Crippen LogP contribution is 2.34.